The summed E-state index contributed by atoms with van der Waals surface area (Å²) in [4.78, 5) is 24.7. The van der Waals surface area contributed by atoms with Gasteiger partial charge in [0.1, 0.15) is 0 Å². The first-order valence-electron chi connectivity index (χ1n) is 16.5. The molecule has 0 bridgehead atoms. The van der Waals surface area contributed by atoms with Crippen molar-refractivity contribution in [2.45, 2.75) is 116 Å². The van der Waals surface area contributed by atoms with Gasteiger partial charge < -0.3 is 28.4 Å². The summed E-state index contributed by atoms with van der Waals surface area (Å²) >= 11 is 0. The number of rotatable bonds is 2. The van der Waals surface area contributed by atoms with E-state index in [0.29, 0.717) is 23.9 Å². The highest BCUT2D eigenvalue weighted by Gasteiger charge is 2.54. The zero-order valence-electron chi connectivity index (χ0n) is 29.5. The Balaban J connectivity index is 0.000000194. The van der Waals surface area contributed by atoms with Gasteiger partial charge in [-0.2, -0.15) is 26.3 Å². The maximum absolute atomic E-state index is 12.8. The fraction of sp³-hybridized carbons (Fsp3) is 0.588. The fourth-order valence-corrected chi connectivity index (χ4v) is 6.20. The molecule has 8 nitrogen and oxygen atoms in total. The zero-order chi connectivity index (χ0) is 37.2. The summed E-state index contributed by atoms with van der Waals surface area (Å²) in [6.45, 7) is 15.5. The summed E-state index contributed by atoms with van der Waals surface area (Å²) < 4.78 is 100. The number of carbonyl (C=O) groups excluding carboxylic acids is 2. The largest absolute Gasteiger partial charge is 0.495 e. The van der Waals surface area contributed by atoms with E-state index in [9.17, 15) is 35.9 Å². The predicted molar refractivity (Wildman–Crippen MR) is 175 cm³/mol. The van der Waals surface area contributed by atoms with Gasteiger partial charge in [-0.05, 0) is 101 Å². The average molecular weight is 710 g/mol. The molecule has 2 saturated heterocycles. The minimum atomic E-state index is -4.86. The Hall–Kier alpha value is -3.07. The number of benzene rings is 2. The summed E-state index contributed by atoms with van der Waals surface area (Å²) in [5, 5.41) is 0. The number of carbonyl (C=O) groups is 2. The molecule has 2 fully saturated rings. The van der Waals surface area contributed by atoms with Crippen LogP contribution in [0, 0.1) is 0 Å². The highest BCUT2D eigenvalue weighted by molar-refractivity contribution is 6.63. The molecule has 272 valence electrons. The van der Waals surface area contributed by atoms with E-state index in [1.807, 2.05) is 73.6 Å². The highest BCUT2D eigenvalue weighted by Crippen LogP contribution is 2.38. The summed E-state index contributed by atoms with van der Waals surface area (Å²) in [5.74, 6) is -3.59. The van der Waals surface area contributed by atoms with Gasteiger partial charge in [0.25, 0.3) is 0 Å². The van der Waals surface area contributed by atoms with Crippen molar-refractivity contribution in [3.8, 4) is 0 Å². The smallest absolute Gasteiger partial charge is 0.399 e. The minimum Gasteiger partial charge on any atom is -0.399 e. The molecule has 0 aromatic heterocycles. The van der Waals surface area contributed by atoms with Crippen molar-refractivity contribution in [3.05, 3.63) is 58.7 Å². The quantitative estimate of drug-likeness (QED) is 0.328. The Morgan fingerprint density at radius 2 is 1.08 bits per heavy atom. The van der Waals surface area contributed by atoms with E-state index in [1.54, 1.807) is 18.2 Å². The van der Waals surface area contributed by atoms with Gasteiger partial charge >= 0.3 is 38.4 Å². The molecule has 0 spiro atoms. The van der Waals surface area contributed by atoms with Crippen LogP contribution in [-0.2, 0) is 54.1 Å². The lowest BCUT2D eigenvalue weighted by molar-refractivity contribution is -0.186. The number of fused-ring (bicyclic) bond motifs is 2. The van der Waals surface area contributed by atoms with Crippen LogP contribution in [0.3, 0.4) is 0 Å². The van der Waals surface area contributed by atoms with Gasteiger partial charge in [-0.1, -0.05) is 36.4 Å². The Morgan fingerprint density at radius 3 is 1.58 bits per heavy atom. The third-order valence-corrected chi connectivity index (χ3v) is 10.6. The SMILES string of the molecule is CC1(C)OB(c2ccc3c(c2)CCN(C(=O)C(F)(F)F)C3)OC1(C)C.CC1(C)OB(c2cccc3c2CN(C(=O)C(F)(F)F)CC3)OC1(C)C. The molecule has 4 aliphatic rings. The van der Waals surface area contributed by atoms with Crippen LogP contribution >= 0.6 is 0 Å². The van der Waals surface area contributed by atoms with E-state index >= 15 is 0 Å². The molecule has 2 amide bonds. The zero-order valence-corrected chi connectivity index (χ0v) is 29.5. The molecule has 4 aliphatic heterocycles. The Morgan fingerprint density at radius 1 is 0.620 bits per heavy atom. The molecule has 0 aliphatic carbocycles. The number of amides is 2. The number of hydrogen-bond acceptors (Lipinski definition) is 6. The van der Waals surface area contributed by atoms with Crippen molar-refractivity contribution in [3.63, 3.8) is 0 Å². The summed E-state index contributed by atoms with van der Waals surface area (Å²) in [6, 6.07) is 11.0. The van der Waals surface area contributed by atoms with Gasteiger partial charge in [-0.15, -0.1) is 0 Å². The van der Waals surface area contributed by atoms with Crippen molar-refractivity contribution in [1.29, 1.82) is 0 Å². The second-order valence-electron chi connectivity index (χ2n) is 15.1. The molecule has 50 heavy (non-hydrogen) atoms. The number of nitrogens with zero attached hydrogens (tertiary/aromatic N) is 2. The number of alkyl halides is 6. The van der Waals surface area contributed by atoms with Gasteiger partial charge in [-0.3, -0.25) is 9.59 Å². The Bertz CT molecular complexity index is 1610. The minimum absolute atomic E-state index is 0.0304. The first kappa shape index (κ1) is 38.2. The van der Waals surface area contributed by atoms with E-state index in [-0.39, 0.29) is 26.2 Å². The van der Waals surface area contributed by atoms with Gasteiger partial charge in [0, 0.05) is 26.2 Å². The second kappa shape index (κ2) is 12.9. The molecule has 0 unspecified atom stereocenters. The lowest BCUT2D eigenvalue weighted by Gasteiger charge is -2.32. The summed E-state index contributed by atoms with van der Waals surface area (Å²) in [6.07, 6.45) is -8.94. The standard InChI is InChI=1S/2C17H21BF3NO3/c1-15(2)16(3,4)25-18(24-15)13-6-5-12-10-22(8-7-11(12)9-13)14(23)17(19,20)21;1-15(2)16(3,4)25-18(24-15)13-7-5-6-11-8-9-22(10-12(11)13)14(23)17(19,20)21/h5-6,9H,7-8,10H2,1-4H3;5-7H,8-10H2,1-4H3. The molecule has 0 atom stereocenters. The topological polar surface area (TPSA) is 77.5 Å². The summed E-state index contributed by atoms with van der Waals surface area (Å²) in [7, 11) is -1.17. The van der Waals surface area contributed by atoms with Crippen LogP contribution < -0.4 is 10.9 Å². The monoisotopic (exact) mass is 710 g/mol. The highest BCUT2D eigenvalue weighted by atomic mass is 19.4. The van der Waals surface area contributed by atoms with E-state index in [1.165, 1.54) is 0 Å². The van der Waals surface area contributed by atoms with Crippen LogP contribution in [-0.4, -0.2) is 83.7 Å². The van der Waals surface area contributed by atoms with Gasteiger partial charge in [-0.25, -0.2) is 0 Å². The molecule has 2 aromatic rings. The maximum Gasteiger partial charge on any atom is 0.495 e. The molecule has 6 rings (SSSR count). The van der Waals surface area contributed by atoms with Gasteiger partial charge in [0.15, 0.2) is 0 Å². The normalized spacial score (nSPS) is 22.0. The Labute approximate surface area is 289 Å². The third kappa shape index (κ3) is 7.44. The number of halogens is 6. The van der Waals surface area contributed by atoms with Crippen LogP contribution in [0.1, 0.15) is 77.6 Å². The van der Waals surface area contributed by atoms with E-state index in [2.05, 4.69) is 0 Å². The second-order valence-corrected chi connectivity index (χ2v) is 15.1. The third-order valence-electron chi connectivity index (χ3n) is 10.6. The van der Waals surface area contributed by atoms with Crippen LogP contribution in [0.4, 0.5) is 26.3 Å². The van der Waals surface area contributed by atoms with Crippen LogP contribution in [0.15, 0.2) is 36.4 Å². The molecule has 0 radical (unpaired) electrons. The molecule has 4 heterocycles. The molecular weight excluding hydrogens is 668 g/mol. The fourth-order valence-electron chi connectivity index (χ4n) is 6.20. The van der Waals surface area contributed by atoms with Crippen molar-refractivity contribution < 1.29 is 54.5 Å². The lowest BCUT2D eigenvalue weighted by atomic mass is 9.73. The van der Waals surface area contributed by atoms with Crippen LogP contribution in [0.2, 0.25) is 0 Å². The van der Waals surface area contributed by atoms with Crippen molar-refractivity contribution in [2.24, 2.45) is 0 Å². The van der Waals surface area contributed by atoms with Gasteiger partial charge in [0.2, 0.25) is 0 Å². The Kier molecular flexibility index (Phi) is 9.81. The predicted octanol–water partition coefficient (Wildman–Crippen LogP) is 4.87. The van der Waals surface area contributed by atoms with Crippen LogP contribution in [0.5, 0.6) is 0 Å². The van der Waals surface area contributed by atoms with Crippen molar-refractivity contribution >= 4 is 37.0 Å². The molecule has 0 saturated carbocycles. The van der Waals surface area contributed by atoms with Crippen molar-refractivity contribution in [1.82, 2.24) is 9.80 Å². The van der Waals surface area contributed by atoms with E-state index in [4.69, 9.17) is 18.6 Å². The molecular formula is C34H42B2F6N2O6. The molecule has 16 heteroatoms. The molecule has 2 aromatic carbocycles. The average Bonchev–Trinajstić information content (AvgIpc) is 3.37. The molecule has 0 N–H and O–H groups in total. The van der Waals surface area contributed by atoms with E-state index in [0.717, 1.165) is 32.0 Å². The van der Waals surface area contributed by atoms with Crippen LogP contribution in [0.25, 0.3) is 0 Å². The summed E-state index contributed by atoms with van der Waals surface area (Å²) in [5.41, 5.74) is 2.80. The van der Waals surface area contributed by atoms with Gasteiger partial charge in [0.05, 0.1) is 22.4 Å². The maximum atomic E-state index is 12.8. The lowest BCUT2D eigenvalue weighted by Crippen LogP contribution is -2.47. The first-order chi connectivity index (χ1) is 22.8. The van der Waals surface area contributed by atoms with E-state index < -0.39 is 60.8 Å². The first-order valence-corrected chi connectivity index (χ1v) is 16.5. The number of hydrogen-bond donors (Lipinski definition) is 0. The van der Waals surface area contributed by atoms with Crippen molar-refractivity contribution in [2.75, 3.05) is 13.1 Å².